The summed E-state index contributed by atoms with van der Waals surface area (Å²) in [5, 5.41) is 5.77. The molecule has 0 bridgehead atoms. The summed E-state index contributed by atoms with van der Waals surface area (Å²) >= 11 is 0. The molecule has 1 aromatic heterocycles. The molecule has 1 aliphatic rings. The van der Waals surface area contributed by atoms with Crippen LogP contribution in [-0.2, 0) is 22.6 Å². The quantitative estimate of drug-likeness (QED) is 0.540. The molecule has 1 heterocycles. The maximum absolute atomic E-state index is 12.1. The average molecular weight is 340 g/mol. The fourth-order valence-electron chi connectivity index (χ4n) is 2.83. The van der Waals surface area contributed by atoms with Crippen molar-refractivity contribution in [2.24, 2.45) is 5.92 Å². The molecule has 6 nitrogen and oxygen atoms in total. The summed E-state index contributed by atoms with van der Waals surface area (Å²) < 4.78 is 1.95. The third-order valence-corrected chi connectivity index (χ3v) is 4.30. The molecule has 1 aliphatic carbocycles. The number of aromatic nitrogens is 2. The monoisotopic (exact) mass is 340 g/mol. The van der Waals surface area contributed by atoms with Crippen LogP contribution in [0.3, 0.4) is 0 Å². The van der Waals surface area contributed by atoms with Gasteiger partial charge in [0.1, 0.15) is 12.4 Å². The number of nitrogens with zero attached hydrogens (tertiary/aromatic N) is 2. The number of carbonyl (C=O) groups excluding carboxylic acids is 2. The fourth-order valence-corrected chi connectivity index (χ4v) is 2.83. The Morgan fingerprint density at radius 3 is 2.84 bits per heavy atom. The van der Waals surface area contributed by atoms with Crippen LogP contribution in [0.15, 0.2) is 36.9 Å². The van der Waals surface area contributed by atoms with Gasteiger partial charge in [0.15, 0.2) is 0 Å². The van der Waals surface area contributed by atoms with Crippen molar-refractivity contribution in [3.63, 3.8) is 0 Å². The van der Waals surface area contributed by atoms with Gasteiger partial charge in [0.05, 0.1) is 11.0 Å². The van der Waals surface area contributed by atoms with Gasteiger partial charge in [-0.3, -0.25) is 9.59 Å². The number of benzene rings is 1. The highest BCUT2D eigenvalue weighted by Gasteiger charge is 2.29. The standard InChI is InChI=1S/C19H24N4O2/c1-2-11-20-18(24)13-23-16-7-4-3-6-15(16)22-17(23)8-5-12-21-19(25)14-9-10-14/h2-4,6-7,14H,1,5,8-13H2,(H,20,24)(H,21,25). The minimum Gasteiger partial charge on any atom is -0.356 e. The number of fused-ring (bicyclic) bond motifs is 1. The second-order valence-corrected chi connectivity index (χ2v) is 6.36. The third-order valence-electron chi connectivity index (χ3n) is 4.30. The van der Waals surface area contributed by atoms with E-state index in [0.717, 1.165) is 36.1 Å². The number of hydrogen-bond acceptors (Lipinski definition) is 3. The van der Waals surface area contributed by atoms with Gasteiger partial charge in [-0.15, -0.1) is 6.58 Å². The van der Waals surface area contributed by atoms with Gasteiger partial charge in [0.2, 0.25) is 11.8 Å². The molecule has 6 heteroatoms. The number of nitrogens with one attached hydrogen (secondary N) is 2. The minimum absolute atomic E-state index is 0.0636. The van der Waals surface area contributed by atoms with Gasteiger partial charge in [0, 0.05) is 25.4 Å². The van der Waals surface area contributed by atoms with Crippen LogP contribution >= 0.6 is 0 Å². The van der Waals surface area contributed by atoms with Crippen LogP contribution in [0.25, 0.3) is 11.0 Å². The first-order valence-electron chi connectivity index (χ1n) is 8.78. The van der Waals surface area contributed by atoms with Crippen LogP contribution < -0.4 is 10.6 Å². The van der Waals surface area contributed by atoms with Gasteiger partial charge in [-0.25, -0.2) is 4.98 Å². The summed E-state index contributed by atoms with van der Waals surface area (Å²) in [6.07, 6.45) is 5.21. The average Bonchev–Trinajstić information content (AvgIpc) is 3.41. The van der Waals surface area contributed by atoms with Crippen molar-refractivity contribution in [1.82, 2.24) is 20.2 Å². The number of para-hydroxylation sites is 2. The zero-order valence-electron chi connectivity index (χ0n) is 14.3. The van der Waals surface area contributed by atoms with Gasteiger partial charge in [-0.2, -0.15) is 0 Å². The minimum atomic E-state index is -0.0636. The zero-order chi connectivity index (χ0) is 17.6. The van der Waals surface area contributed by atoms with E-state index in [1.165, 1.54) is 0 Å². The Morgan fingerprint density at radius 2 is 2.08 bits per heavy atom. The lowest BCUT2D eigenvalue weighted by Gasteiger charge is -2.09. The first-order chi connectivity index (χ1) is 12.2. The second-order valence-electron chi connectivity index (χ2n) is 6.36. The van der Waals surface area contributed by atoms with E-state index in [9.17, 15) is 9.59 Å². The van der Waals surface area contributed by atoms with Crippen LogP contribution in [0, 0.1) is 5.92 Å². The molecule has 2 amide bonds. The highest BCUT2D eigenvalue weighted by molar-refractivity contribution is 5.81. The Balaban J connectivity index is 1.65. The molecule has 2 aromatic rings. The van der Waals surface area contributed by atoms with Gasteiger partial charge in [-0.05, 0) is 31.4 Å². The Labute approximate surface area is 147 Å². The summed E-state index contributed by atoms with van der Waals surface area (Å²) in [6.45, 7) is 4.94. The molecule has 0 atom stereocenters. The topological polar surface area (TPSA) is 76.0 Å². The first kappa shape index (κ1) is 17.2. The highest BCUT2D eigenvalue weighted by atomic mass is 16.2. The third kappa shape index (κ3) is 4.47. The molecular formula is C19H24N4O2. The number of carbonyl (C=O) groups is 2. The predicted molar refractivity (Wildman–Crippen MR) is 97.0 cm³/mol. The van der Waals surface area contributed by atoms with E-state index in [0.29, 0.717) is 19.5 Å². The SMILES string of the molecule is C=CCNC(=O)Cn1c(CCCNC(=O)C2CC2)nc2ccccc21. The van der Waals surface area contributed by atoms with Crippen LogP contribution in [0.1, 0.15) is 25.1 Å². The number of hydrogen-bond donors (Lipinski definition) is 2. The Kier molecular flexibility index (Phi) is 5.48. The number of amides is 2. The summed E-state index contributed by atoms with van der Waals surface area (Å²) in [5.41, 5.74) is 1.84. The van der Waals surface area contributed by atoms with Gasteiger partial charge in [-0.1, -0.05) is 18.2 Å². The lowest BCUT2D eigenvalue weighted by molar-refractivity contribution is -0.122. The number of rotatable bonds is 9. The molecule has 3 rings (SSSR count). The normalized spacial score (nSPS) is 13.6. The van der Waals surface area contributed by atoms with Gasteiger partial charge >= 0.3 is 0 Å². The molecule has 1 saturated carbocycles. The maximum Gasteiger partial charge on any atom is 0.240 e. The Bertz CT molecular complexity index is 777. The van der Waals surface area contributed by atoms with Crippen molar-refractivity contribution in [3.05, 3.63) is 42.7 Å². The summed E-state index contributed by atoms with van der Waals surface area (Å²) in [6, 6.07) is 7.81. The van der Waals surface area contributed by atoms with Crippen molar-refractivity contribution >= 4 is 22.8 Å². The van der Waals surface area contributed by atoms with Crippen molar-refractivity contribution in [2.75, 3.05) is 13.1 Å². The smallest absolute Gasteiger partial charge is 0.240 e. The van der Waals surface area contributed by atoms with Crippen LogP contribution in [0.4, 0.5) is 0 Å². The largest absolute Gasteiger partial charge is 0.356 e. The molecular weight excluding hydrogens is 316 g/mol. The summed E-state index contributed by atoms with van der Waals surface area (Å²) in [5.74, 6) is 1.21. The molecule has 25 heavy (non-hydrogen) atoms. The molecule has 1 fully saturated rings. The molecule has 2 N–H and O–H groups in total. The van der Waals surface area contributed by atoms with Gasteiger partial charge < -0.3 is 15.2 Å². The predicted octanol–water partition coefficient (Wildman–Crippen LogP) is 1.80. The van der Waals surface area contributed by atoms with Crippen molar-refractivity contribution in [1.29, 1.82) is 0 Å². The first-order valence-corrected chi connectivity index (χ1v) is 8.78. The van der Waals surface area contributed by atoms with E-state index in [1.54, 1.807) is 6.08 Å². The molecule has 0 unspecified atom stereocenters. The fraction of sp³-hybridized carbons (Fsp3) is 0.421. The molecule has 0 saturated heterocycles. The van der Waals surface area contributed by atoms with E-state index < -0.39 is 0 Å². The lowest BCUT2D eigenvalue weighted by Crippen LogP contribution is -2.28. The molecule has 0 aliphatic heterocycles. The second kappa shape index (κ2) is 7.96. The van der Waals surface area contributed by atoms with Gasteiger partial charge in [0.25, 0.3) is 0 Å². The van der Waals surface area contributed by atoms with E-state index in [2.05, 4.69) is 22.2 Å². The zero-order valence-corrected chi connectivity index (χ0v) is 14.3. The van der Waals surface area contributed by atoms with Crippen molar-refractivity contribution in [2.45, 2.75) is 32.2 Å². The molecule has 0 spiro atoms. The van der Waals surface area contributed by atoms with E-state index >= 15 is 0 Å². The number of aryl methyl sites for hydroxylation is 1. The molecule has 132 valence electrons. The summed E-state index contributed by atoms with van der Waals surface area (Å²) in [4.78, 5) is 28.4. The highest BCUT2D eigenvalue weighted by Crippen LogP contribution is 2.28. The maximum atomic E-state index is 12.1. The van der Waals surface area contributed by atoms with Crippen molar-refractivity contribution in [3.8, 4) is 0 Å². The summed E-state index contributed by atoms with van der Waals surface area (Å²) in [7, 11) is 0. The van der Waals surface area contributed by atoms with Crippen LogP contribution in [0.5, 0.6) is 0 Å². The number of imidazole rings is 1. The Morgan fingerprint density at radius 1 is 1.28 bits per heavy atom. The lowest BCUT2D eigenvalue weighted by atomic mass is 10.2. The Hall–Kier alpha value is -2.63. The molecule has 1 aromatic carbocycles. The van der Waals surface area contributed by atoms with Crippen LogP contribution in [0.2, 0.25) is 0 Å². The van der Waals surface area contributed by atoms with E-state index in [-0.39, 0.29) is 24.3 Å². The van der Waals surface area contributed by atoms with Crippen LogP contribution in [-0.4, -0.2) is 34.5 Å². The molecule has 0 radical (unpaired) electrons. The van der Waals surface area contributed by atoms with Crippen molar-refractivity contribution < 1.29 is 9.59 Å². The van der Waals surface area contributed by atoms with E-state index in [4.69, 9.17) is 0 Å². The van der Waals surface area contributed by atoms with E-state index in [1.807, 2.05) is 28.8 Å².